The Balaban J connectivity index is 2.71. The van der Waals surface area contributed by atoms with Crippen LogP contribution in [0.2, 0.25) is 0 Å². The number of ether oxygens (including phenoxy) is 1. The molecule has 0 aliphatic rings. The number of rotatable bonds is 6. The van der Waals surface area contributed by atoms with Crippen LogP contribution in [0.5, 0.6) is 0 Å². The summed E-state index contributed by atoms with van der Waals surface area (Å²) in [5.41, 5.74) is 6.12. The molecule has 0 aliphatic carbocycles. The van der Waals surface area contributed by atoms with Gasteiger partial charge in [-0.3, -0.25) is 4.79 Å². The first-order chi connectivity index (χ1) is 9.76. The van der Waals surface area contributed by atoms with Crippen molar-refractivity contribution < 1.29 is 14.3 Å². The highest BCUT2D eigenvalue weighted by molar-refractivity contribution is 5.98. The highest BCUT2D eigenvalue weighted by atomic mass is 16.5. The molecule has 116 valence electrons. The van der Waals surface area contributed by atoms with Gasteiger partial charge < -0.3 is 15.8 Å². The van der Waals surface area contributed by atoms with Gasteiger partial charge in [-0.2, -0.15) is 0 Å². The average Bonchev–Trinajstić information content (AvgIpc) is 2.38. The summed E-state index contributed by atoms with van der Waals surface area (Å²) >= 11 is 0. The minimum absolute atomic E-state index is 0.163. The maximum absolute atomic E-state index is 12.1. The first-order valence-electron chi connectivity index (χ1n) is 7.17. The standard InChI is InChI=1S/C16H24N2O3/c1-5-10-16(4,17)15(20)18-13-8-6-12(7-9-13)14(19)21-11(2)3/h6-9,11H,5,10,17H2,1-4H3,(H,18,20). The molecule has 5 nitrogen and oxygen atoms in total. The van der Waals surface area contributed by atoms with Crippen molar-refractivity contribution in [2.45, 2.75) is 52.2 Å². The summed E-state index contributed by atoms with van der Waals surface area (Å²) in [5.74, 6) is -0.612. The third kappa shape index (κ3) is 5.19. The van der Waals surface area contributed by atoms with E-state index in [2.05, 4.69) is 5.32 Å². The van der Waals surface area contributed by atoms with E-state index in [0.29, 0.717) is 17.7 Å². The van der Waals surface area contributed by atoms with E-state index in [1.54, 1.807) is 45.0 Å². The van der Waals surface area contributed by atoms with Crippen LogP contribution in [-0.2, 0) is 9.53 Å². The van der Waals surface area contributed by atoms with Gasteiger partial charge in [0.25, 0.3) is 0 Å². The van der Waals surface area contributed by atoms with Gasteiger partial charge in [0.2, 0.25) is 5.91 Å². The van der Waals surface area contributed by atoms with Gasteiger partial charge in [-0.25, -0.2) is 4.79 Å². The predicted molar refractivity (Wildman–Crippen MR) is 83.1 cm³/mol. The molecule has 1 atom stereocenters. The summed E-state index contributed by atoms with van der Waals surface area (Å²) in [5, 5.41) is 2.76. The van der Waals surface area contributed by atoms with Gasteiger partial charge >= 0.3 is 5.97 Å². The fourth-order valence-corrected chi connectivity index (χ4v) is 1.88. The minimum atomic E-state index is -0.899. The van der Waals surface area contributed by atoms with E-state index in [9.17, 15) is 9.59 Å². The molecule has 5 heteroatoms. The average molecular weight is 292 g/mol. The lowest BCUT2D eigenvalue weighted by Gasteiger charge is -2.22. The van der Waals surface area contributed by atoms with Crippen molar-refractivity contribution in [3.63, 3.8) is 0 Å². The molecule has 1 aromatic rings. The van der Waals surface area contributed by atoms with Crippen molar-refractivity contribution in [1.29, 1.82) is 0 Å². The monoisotopic (exact) mass is 292 g/mol. The number of nitrogens with two attached hydrogens (primary N) is 1. The molecule has 0 spiro atoms. The maximum Gasteiger partial charge on any atom is 0.338 e. The second-order valence-corrected chi connectivity index (χ2v) is 5.65. The SMILES string of the molecule is CCCC(C)(N)C(=O)Nc1ccc(C(=O)OC(C)C)cc1. The topological polar surface area (TPSA) is 81.4 Å². The molecule has 1 rings (SSSR count). The number of benzene rings is 1. The molecule has 0 fully saturated rings. The first-order valence-corrected chi connectivity index (χ1v) is 7.17. The molecule has 0 aromatic heterocycles. The molecule has 0 heterocycles. The van der Waals surface area contributed by atoms with Gasteiger partial charge in [-0.1, -0.05) is 13.3 Å². The second-order valence-electron chi connectivity index (χ2n) is 5.65. The van der Waals surface area contributed by atoms with Crippen molar-refractivity contribution in [3.8, 4) is 0 Å². The van der Waals surface area contributed by atoms with E-state index in [1.807, 2.05) is 6.92 Å². The van der Waals surface area contributed by atoms with Crippen molar-refractivity contribution in [2.75, 3.05) is 5.32 Å². The number of hydrogen-bond donors (Lipinski definition) is 2. The van der Waals surface area contributed by atoms with Crippen molar-refractivity contribution in [3.05, 3.63) is 29.8 Å². The summed E-state index contributed by atoms with van der Waals surface area (Å²) in [4.78, 5) is 23.8. The highest BCUT2D eigenvalue weighted by Gasteiger charge is 2.27. The van der Waals surface area contributed by atoms with Crippen LogP contribution in [0.3, 0.4) is 0 Å². The van der Waals surface area contributed by atoms with Gasteiger partial charge in [0.05, 0.1) is 17.2 Å². The molecular weight excluding hydrogens is 268 g/mol. The first kappa shape index (κ1) is 17.2. The van der Waals surface area contributed by atoms with Crippen LogP contribution >= 0.6 is 0 Å². The van der Waals surface area contributed by atoms with Gasteiger partial charge in [0.1, 0.15) is 0 Å². The molecule has 0 aliphatic heterocycles. The number of anilines is 1. The molecule has 1 amide bonds. The van der Waals surface area contributed by atoms with Gasteiger partial charge in [0, 0.05) is 5.69 Å². The van der Waals surface area contributed by atoms with Crippen LogP contribution in [-0.4, -0.2) is 23.5 Å². The van der Waals surface area contributed by atoms with Gasteiger partial charge in [-0.05, 0) is 51.5 Å². The molecule has 0 saturated carbocycles. The lowest BCUT2D eigenvalue weighted by atomic mass is 9.96. The van der Waals surface area contributed by atoms with E-state index in [1.165, 1.54) is 0 Å². The lowest BCUT2D eigenvalue weighted by Crippen LogP contribution is -2.48. The van der Waals surface area contributed by atoms with Crippen LogP contribution in [0, 0.1) is 0 Å². The maximum atomic E-state index is 12.1. The molecule has 0 saturated heterocycles. The van der Waals surface area contributed by atoms with E-state index < -0.39 is 5.54 Å². The van der Waals surface area contributed by atoms with Crippen molar-refractivity contribution >= 4 is 17.6 Å². The minimum Gasteiger partial charge on any atom is -0.459 e. The molecule has 3 N–H and O–H groups in total. The molecule has 0 radical (unpaired) electrons. The third-order valence-electron chi connectivity index (χ3n) is 3.01. The molecule has 1 aromatic carbocycles. The number of esters is 1. The van der Waals surface area contributed by atoms with Crippen LogP contribution in [0.1, 0.15) is 50.9 Å². The Kier molecular flexibility index (Phi) is 5.90. The lowest BCUT2D eigenvalue weighted by molar-refractivity contribution is -0.120. The highest BCUT2D eigenvalue weighted by Crippen LogP contribution is 2.15. The Morgan fingerprint density at radius 3 is 2.33 bits per heavy atom. The van der Waals surface area contributed by atoms with E-state index in [0.717, 1.165) is 6.42 Å². The fraction of sp³-hybridized carbons (Fsp3) is 0.500. The Hall–Kier alpha value is -1.88. The fourth-order valence-electron chi connectivity index (χ4n) is 1.88. The zero-order valence-corrected chi connectivity index (χ0v) is 13.1. The van der Waals surface area contributed by atoms with E-state index in [-0.39, 0.29) is 18.0 Å². The van der Waals surface area contributed by atoms with E-state index in [4.69, 9.17) is 10.5 Å². The third-order valence-corrected chi connectivity index (χ3v) is 3.01. The number of hydrogen-bond acceptors (Lipinski definition) is 4. The number of carbonyl (C=O) groups is 2. The Morgan fingerprint density at radius 1 is 1.29 bits per heavy atom. The quantitative estimate of drug-likeness (QED) is 0.790. The summed E-state index contributed by atoms with van der Waals surface area (Å²) in [6.07, 6.45) is 1.28. The Morgan fingerprint density at radius 2 is 1.86 bits per heavy atom. The molecular formula is C16H24N2O3. The summed E-state index contributed by atoms with van der Waals surface area (Å²) in [7, 11) is 0. The predicted octanol–water partition coefficient (Wildman–Crippen LogP) is 2.71. The smallest absolute Gasteiger partial charge is 0.338 e. The van der Waals surface area contributed by atoms with Crippen LogP contribution in [0.15, 0.2) is 24.3 Å². The van der Waals surface area contributed by atoms with Gasteiger partial charge in [-0.15, -0.1) is 0 Å². The molecule has 21 heavy (non-hydrogen) atoms. The Labute approximate surface area is 125 Å². The zero-order valence-electron chi connectivity index (χ0n) is 13.1. The normalized spacial score (nSPS) is 13.6. The number of carbonyl (C=O) groups excluding carboxylic acids is 2. The number of nitrogens with one attached hydrogen (secondary N) is 1. The Bertz CT molecular complexity index is 493. The summed E-state index contributed by atoms with van der Waals surface area (Å²) < 4.78 is 5.10. The number of amides is 1. The zero-order chi connectivity index (χ0) is 16.0. The molecule has 0 bridgehead atoms. The van der Waals surface area contributed by atoms with Crippen molar-refractivity contribution in [1.82, 2.24) is 0 Å². The largest absolute Gasteiger partial charge is 0.459 e. The summed E-state index contributed by atoms with van der Waals surface area (Å²) in [6, 6.07) is 6.57. The molecule has 1 unspecified atom stereocenters. The van der Waals surface area contributed by atoms with Crippen molar-refractivity contribution in [2.24, 2.45) is 5.73 Å². The summed E-state index contributed by atoms with van der Waals surface area (Å²) in [6.45, 7) is 7.28. The van der Waals surface area contributed by atoms with Crippen LogP contribution in [0.25, 0.3) is 0 Å². The van der Waals surface area contributed by atoms with Crippen LogP contribution in [0.4, 0.5) is 5.69 Å². The van der Waals surface area contributed by atoms with Crippen LogP contribution < -0.4 is 11.1 Å². The second kappa shape index (κ2) is 7.22. The van der Waals surface area contributed by atoms with E-state index >= 15 is 0 Å². The van der Waals surface area contributed by atoms with Gasteiger partial charge in [0.15, 0.2) is 0 Å².